The quantitative estimate of drug-likeness (QED) is 0.374. The first-order valence-corrected chi connectivity index (χ1v) is 9.69. The lowest BCUT2D eigenvalue weighted by Crippen LogP contribution is -2.21. The van der Waals surface area contributed by atoms with Crippen molar-refractivity contribution in [1.29, 1.82) is 0 Å². The molecule has 0 aliphatic rings. The highest BCUT2D eigenvalue weighted by Gasteiger charge is 2.13. The lowest BCUT2D eigenvalue weighted by molar-refractivity contribution is 0.815. The van der Waals surface area contributed by atoms with Gasteiger partial charge in [0.2, 0.25) is 0 Å². The third-order valence-electron chi connectivity index (χ3n) is 3.62. The lowest BCUT2D eigenvalue weighted by atomic mass is 10.2. The Bertz CT molecular complexity index is 1090. The molecule has 25 heavy (non-hydrogen) atoms. The number of para-hydroxylation sites is 1. The van der Waals surface area contributed by atoms with Crippen LogP contribution >= 0.6 is 34.7 Å². The Morgan fingerprint density at radius 3 is 2.76 bits per heavy atom. The average molecular weight is 386 g/mol. The summed E-state index contributed by atoms with van der Waals surface area (Å²) in [5.41, 5.74) is 1.31. The molecule has 0 amide bonds. The largest absolute Gasteiger partial charge is 0.268 e. The van der Waals surface area contributed by atoms with E-state index in [2.05, 4.69) is 4.98 Å². The standard InChI is InChI=1S/C18H12ClN3OS2/c19-16-8-7-13(25-16)11-24-18-21-15-6-2-1-5-14(15)17(23)22(18)12-4-3-9-20-10-12/h1-10H,11H2. The SMILES string of the molecule is O=c1c2ccccc2nc(SCc2ccc(Cl)s2)n1-c1cccnc1. The zero-order chi connectivity index (χ0) is 17.2. The zero-order valence-corrected chi connectivity index (χ0v) is 15.3. The van der Waals surface area contributed by atoms with Gasteiger partial charge in [0.05, 0.1) is 27.1 Å². The molecule has 0 saturated heterocycles. The Hall–Kier alpha value is -2.15. The average Bonchev–Trinajstić information content (AvgIpc) is 3.06. The van der Waals surface area contributed by atoms with E-state index in [0.29, 0.717) is 27.5 Å². The van der Waals surface area contributed by atoms with Crippen LogP contribution in [0.2, 0.25) is 4.34 Å². The fraction of sp³-hybridized carbons (Fsp3) is 0.0556. The molecule has 0 saturated carbocycles. The Kier molecular flexibility index (Phi) is 4.57. The Morgan fingerprint density at radius 1 is 1.12 bits per heavy atom. The van der Waals surface area contributed by atoms with Crippen molar-refractivity contribution in [1.82, 2.24) is 14.5 Å². The fourth-order valence-electron chi connectivity index (χ4n) is 2.49. The van der Waals surface area contributed by atoms with Crippen molar-refractivity contribution in [2.45, 2.75) is 10.9 Å². The van der Waals surface area contributed by atoms with Crippen LogP contribution in [0.4, 0.5) is 0 Å². The molecule has 7 heteroatoms. The normalized spacial score (nSPS) is 11.1. The predicted molar refractivity (Wildman–Crippen MR) is 104 cm³/mol. The van der Waals surface area contributed by atoms with Crippen LogP contribution in [0.3, 0.4) is 0 Å². The molecule has 0 radical (unpaired) electrons. The van der Waals surface area contributed by atoms with Gasteiger partial charge in [-0.25, -0.2) is 4.98 Å². The minimum Gasteiger partial charge on any atom is -0.268 e. The molecule has 0 aliphatic heterocycles. The molecular weight excluding hydrogens is 374 g/mol. The second-order valence-electron chi connectivity index (χ2n) is 5.26. The number of benzene rings is 1. The molecule has 0 unspecified atom stereocenters. The molecule has 4 nitrogen and oxygen atoms in total. The van der Waals surface area contributed by atoms with Crippen molar-refractivity contribution in [2.75, 3.05) is 0 Å². The van der Waals surface area contributed by atoms with Gasteiger partial charge in [-0.3, -0.25) is 14.3 Å². The molecule has 3 heterocycles. The number of nitrogens with zero attached hydrogens (tertiary/aromatic N) is 3. The first kappa shape index (κ1) is 16.3. The number of fused-ring (bicyclic) bond motifs is 1. The highest BCUT2D eigenvalue weighted by molar-refractivity contribution is 7.98. The zero-order valence-electron chi connectivity index (χ0n) is 12.9. The lowest BCUT2D eigenvalue weighted by Gasteiger charge is -2.12. The molecule has 124 valence electrons. The third-order valence-corrected chi connectivity index (χ3v) is 6.02. The number of halogens is 1. The van der Waals surface area contributed by atoms with Gasteiger partial charge < -0.3 is 0 Å². The summed E-state index contributed by atoms with van der Waals surface area (Å²) in [6.45, 7) is 0. The van der Waals surface area contributed by atoms with Gasteiger partial charge in [-0.15, -0.1) is 11.3 Å². The van der Waals surface area contributed by atoms with Gasteiger partial charge in [-0.05, 0) is 36.4 Å². The van der Waals surface area contributed by atoms with Crippen molar-refractivity contribution in [3.63, 3.8) is 0 Å². The van der Waals surface area contributed by atoms with Gasteiger partial charge in [0.1, 0.15) is 0 Å². The highest BCUT2D eigenvalue weighted by Crippen LogP contribution is 2.29. The van der Waals surface area contributed by atoms with E-state index in [9.17, 15) is 4.79 Å². The highest BCUT2D eigenvalue weighted by atomic mass is 35.5. The van der Waals surface area contributed by atoms with Crippen LogP contribution in [-0.2, 0) is 5.75 Å². The number of aromatic nitrogens is 3. The molecule has 0 spiro atoms. The van der Waals surface area contributed by atoms with Crippen molar-refractivity contribution in [3.8, 4) is 5.69 Å². The molecule has 0 atom stereocenters. The first-order chi connectivity index (χ1) is 12.2. The van der Waals surface area contributed by atoms with Crippen LogP contribution in [0.5, 0.6) is 0 Å². The summed E-state index contributed by atoms with van der Waals surface area (Å²) in [4.78, 5) is 23.0. The van der Waals surface area contributed by atoms with Crippen LogP contribution in [0.1, 0.15) is 4.88 Å². The second-order valence-corrected chi connectivity index (χ2v) is 8.00. The maximum Gasteiger partial charge on any atom is 0.266 e. The molecule has 0 N–H and O–H groups in total. The molecule has 0 aliphatic carbocycles. The van der Waals surface area contributed by atoms with Crippen molar-refractivity contribution >= 4 is 45.6 Å². The number of thioether (sulfide) groups is 1. The number of rotatable bonds is 4. The van der Waals surface area contributed by atoms with E-state index in [1.54, 1.807) is 23.0 Å². The van der Waals surface area contributed by atoms with Gasteiger partial charge in [0.25, 0.3) is 5.56 Å². The van der Waals surface area contributed by atoms with Crippen molar-refractivity contribution < 1.29 is 0 Å². The Balaban J connectivity index is 1.84. The van der Waals surface area contributed by atoms with Crippen LogP contribution in [0.15, 0.2) is 70.9 Å². The molecule has 0 fully saturated rings. The third kappa shape index (κ3) is 3.33. The molecule has 0 bridgehead atoms. The molecular formula is C18H12ClN3OS2. The summed E-state index contributed by atoms with van der Waals surface area (Å²) in [6.07, 6.45) is 3.35. The number of hydrogen-bond donors (Lipinski definition) is 0. The van der Waals surface area contributed by atoms with Crippen LogP contribution in [-0.4, -0.2) is 14.5 Å². The van der Waals surface area contributed by atoms with Gasteiger partial charge in [0.15, 0.2) is 5.16 Å². The number of thiophene rings is 1. The van der Waals surface area contributed by atoms with Crippen molar-refractivity contribution in [2.24, 2.45) is 0 Å². The summed E-state index contributed by atoms with van der Waals surface area (Å²) in [5.74, 6) is 0.697. The summed E-state index contributed by atoms with van der Waals surface area (Å²) in [6, 6.07) is 14.9. The summed E-state index contributed by atoms with van der Waals surface area (Å²) >= 11 is 9.05. The van der Waals surface area contributed by atoms with Gasteiger partial charge >= 0.3 is 0 Å². The maximum atomic E-state index is 13.0. The van der Waals surface area contributed by atoms with Crippen molar-refractivity contribution in [3.05, 3.63) is 80.5 Å². The van der Waals surface area contributed by atoms with E-state index in [4.69, 9.17) is 16.6 Å². The smallest absolute Gasteiger partial charge is 0.266 e. The van der Waals surface area contributed by atoms with E-state index < -0.39 is 0 Å². The van der Waals surface area contributed by atoms with Gasteiger partial charge in [-0.1, -0.05) is 35.5 Å². The fourth-order valence-corrected chi connectivity index (χ4v) is 4.63. The summed E-state index contributed by atoms with van der Waals surface area (Å²) in [7, 11) is 0. The van der Waals surface area contributed by atoms with E-state index in [-0.39, 0.29) is 5.56 Å². The molecule has 3 aromatic heterocycles. The van der Waals surface area contributed by atoms with Crippen LogP contribution < -0.4 is 5.56 Å². The van der Waals surface area contributed by atoms with E-state index >= 15 is 0 Å². The minimum atomic E-state index is -0.0923. The molecule has 1 aromatic carbocycles. The van der Waals surface area contributed by atoms with E-state index in [1.807, 2.05) is 42.5 Å². The summed E-state index contributed by atoms with van der Waals surface area (Å²) in [5, 5.41) is 1.23. The number of hydrogen-bond acceptors (Lipinski definition) is 5. The minimum absolute atomic E-state index is 0.0923. The van der Waals surface area contributed by atoms with E-state index in [0.717, 1.165) is 9.21 Å². The topological polar surface area (TPSA) is 47.8 Å². The van der Waals surface area contributed by atoms with Gasteiger partial charge in [-0.2, -0.15) is 0 Å². The molecule has 4 rings (SSSR count). The Morgan fingerprint density at radius 2 is 2.00 bits per heavy atom. The van der Waals surface area contributed by atoms with E-state index in [1.165, 1.54) is 23.1 Å². The van der Waals surface area contributed by atoms with Gasteiger partial charge in [0, 0.05) is 16.8 Å². The molecule has 4 aromatic rings. The first-order valence-electron chi connectivity index (χ1n) is 7.51. The maximum absolute atomic E-state index is 13.0. The van der Waals surface area contributed by atoms with Crippen LogP contribution in [0, 0.1) is 0 Å². The number of pyridine rings is 1. The second kappa shape index (κ2) is 7.00. The monoisotopic (exact) mass is 385 g/mol. The Labute approximate surface area is 157 Å². The predicted octanol–water partition coefficient (Wildman–Crippen LogP) is 4.79. The summed E-state index contributed by atoms with van der Waals surface area (Å²) < 4.78 is 2.38. The van der Waals surface area contributed by atoms with Crippen LogP contribution in [0.25, 0.3) is 16.6 Å².